The average Bonchev–Trinajstić information content (AvgIpc) is 3.38. The monoisotopic (exact) mass is 330 g/mol. The van der Waals surface area contributed by atoms with E-state index in [1.165, 1.54) is 0 Å². The number of carbonyl (C=O) groups excluding carboxylic acids is 2. The van der Waals surface area contributed by atoms with E-state index in [9.17, 15) is 9.59 Å². The van der Waals surface area contributed by atoms with Crippen molar-refractivity contribution in [2.75, 3.05) is 33.8 Å². The van der Waals surface area contributed by atoms with Crippen LogP contribution in [0.5, 0.6) is 5.75 Å². The third-order valence-corrected chi connectivity index (χ3v) is 5.25. The molecular weight excluding hydrogens is 304 g/mol. The van der Waals surface area contributed by atoms with Gasteiger partial charge in [-0.25, -0.2) is 0 Å². The number of carbonyl (C=O) groups is 2. The maximum Gasteiger partial charge on any atom is 0.227 e. The fourth-order valence-corrected chi connectivity index (χ4v) is 3.47. The highest BCUT2D eigenvalue weighted by molar-refractivity contribution is 5.85. The summed E-state index contributed by atoms with van der Waals surface area (Å²) in [4.78, 5) is 29.0. The lowest BCUT2D eigenvalue weighted by Crippen LogP contribution is -2.37. The third kappa shape index (κ3) is 3.25. The minimum Gasteiger partial charge on any atom is -0.497 e. The molecule has 1 aliphatic heterocycles. The minimum absolute atomic E-state index is 0.0318. The first kappa shape index (κ1) is 16.8. The maximum absolute atomic E-state index is 12.8. The van der Waals surface area contributed by atoms with Crippen LogP contribution in [0.25, 0.3) is 0 Å². The predicted octanol–water partition coefficient (Wildman–Crippen LogP) is 2.13. The summed E-state index contributed by atoms with van der Waals surface area (Å²) in [5.74, 6) is 1.17. The second kappa shape index (κ2) is 6.83. The standard InChI is InChI=1S/C19H26N2O3/c1-4-20(2)19(23)17-12-21(18(22)13-8-9-13)11-16(17)14-6-5-7-15(10-14)24-3/h5-7,10,13,16-17H,4,8-9,11-12H2,1-3H3. The number of likely N-dealkylation sites (tertiary alicyclic amines) is 1. The number of ether oxygens (including phenoxy) is 1. The van der Waals surface area contributed by atoms with Crippen molar-refractivity contribution >= 4 is 11.8 Å². The van der Waals surface area contributed by atoms with Gasteiger partial charge >= 0.3 is 0 Å². The molecule has 2 fully saturated rings. The van der Waals surface area contributed by atoms with Crippen molar-refractivity contribution in [2.45, 2.75) is 25.7 Å². The first-order chi connectivity index (χ1) is 11.5. The maximum atomic E-state index is 12.8. The Morgan fingerprint density at radius 3 is 2.67 bits per heavy atom. The predicted molar refractivity (Wildman–Crippen MR) is 91.8 cm³/mol. The van der Waals surface area contributed by atoms with Gasteiger partial charge in [0.1, 0.15) is 5.75 Å². The van der Waals surface area contributed by atoms with Crippen LogP contribution in [-0.2, 0) is 9.59 Å². The second-order valence-corrected chi connectivity index (χ2v) is 6.86. The summed E-state index contributed by atoms with van der Waals surface area (Å²) in [5.41, 5.74) is 1.07. The van der Waals surface area contributed by atoms with Gasteiger partial charge < -0.3 is 14.5 Å². The summed E-state index contributed by atoms with van der Waals surface area (Å²) >= 11 is 0. The van der Waals surface area contributed by atoms with Crippen LogP contribution in [0.1, 0.15) is 31.2 Å². The summed E-state index contributed by atoms with van der Waals surface area (Å²) < 4.78 is 5.33. The van der Waals surface area contributed by atoms with Gasteiger partial charge in [-0.15, -0.1) is 0 Å². The fourth-order valence-electron chi connectivity index (χ4n) is 3.47. The van der Waals surface area contributed by atoms with Crippen LogP contribution in [0.4, 0.5) is 0 Å². The number of hydrogen-bond acceptors (Lipinski definition) is 3. The lowest BCUT2D eigenvalue weighted by molar-refractivity contribution is -0.135. The molecule has 2 aliphatic rings. The molecule has 0 aromatic heterocycles. The molecule has 0 spiro atoms. The molecule has 1 aromatic carbocycles. The van der Waals surface area contributed by atoms with Crippen molar-refractivity contribution in [1.29, 1.82) is 0 Å². The van der Waals surface area contributed by atoms with E-state index in [1.807, 2.05) is 43.1 Å². The third-order valence-electron chi connectivity index (χ3n) is 5.25. The first-order valence-corrected chi connectivity index (χ1v) is 8.72. The molecule has 5 heteroatoms. The number of hydrogen-bond donors (Lipinski definition) is 0. The Balaban J connectivity index is 1.86. The number of benzene rings is 1. The van der Waals surface area contributed by atoms with Crippen molar-refractivity contribution < 1.29 is 14.3 Å². The van der Waals surface area contributed by atoms with Crippen LogP contribution in [0.2, 0.25) is 0 Å². The first-order valence-electron chi connectivity index (χ1n) is 8.72. The summed E-state index contributed by atoms with van der Waals surface area (Å²) in [7, 11) is 3.47. The Hall–Kier alpha value is -2.04. The van der Waals surface area contributed by atoms with Crippen molar-refractivity contribution in [3.63, 3.8) is 0 Å². The van der Waals surface area contributed by atoms with Crippen LogP contribution in [0.3, 0.4) is 0 Å². The molecule has 1 saturated carbocycles. The highest BCUT2D eigenvalue weighted by Gasteiger charge is 2.44. The highest BCUT2D eigenvalue weighted by Crippen LogP contribution is 2.39. The van der Waals surface area contributed by atoms with Crippen molar-refractivity contribution in [3.8, 4) is 5.75 Å². The van der Waals surface area contributed by atoms with Gasteiger partial charge in [0.05, 0.1) is 13.0 Å². The molecule has 0 bridgehead atoms. The van der Waals surface area contributed by atoms with Gasteiger partial charge in [0.15, 0.2) is 0 Å². The SMILES string of the molecule is CCN(C)C(=O)C1CN(C(=O)C2CC2)CC1c1cccc(OC)c1. The number of methoxy groups -OCH3 is 1. The fraction of sp³-hybridized carbons (Fsp3) is 0.579. The Kier molecular flexibility index (Phi) is 4.78. The number of rotatable bonds is 5. The molecule has 0 radical (unpaired) electrons. The largest absolute Gasteiger partial charge is 0.497 e. The molecular formula is C19H26N2O3. The molecule has 5 nitrogen and oxygen atoms in total. The van der Waals surface area contributed by atoms with Gasteiger partial charge in [-0.2, -0.15) is 0 Å². The minimum atomic E-state index is -0.176. The van der Waals surface area contributed by atoms with Gasteiger partial charge in [0.2, 0.25) is 11.8 Å². The highest BCUT2D eigenvalue weighted by atomic mass is 16.5. The molecule has 130 valence electrons. The van der Waals surface area contributed by atoms with E-state index >= 15 is 0 Å². The Morgan fingerprint density at radius 1 is 1.29 bits per heavy atom. The lowest BCUT2D eigenvalue weighted by atomic mass is 9.88. The molecule has 2 atom stereocenters. The van der Waals surface area contributed by atoms with Crippen molar-refractivity contribution in [1.82, 2.24) is 9.80 Å². The molecule has 1 aliphatic carbocycles. The normalized spacial score (nSPS) is 23.2. The van der Waals surface area contributed by atoms with Crippen molar-refractivity contribution in [2.24, 2.45) is 11.8 Å². The van der Waals surface area contributed by atoms with Gasteiger partial charge in [0.25, 0.3) is 0 Å². The molecule has 1 heterocycles. The van der Waals surface area contributed by atoms with Crippen LogP contribution in [0, 0.1) is 11.8 Å². The Morgan fingerprint density at radius 2 is 2.04 bits per heavy atom. The van der Waals surface area contributed by atoms with Crippen LogP contribution in [-0.4, -0.2) is 55.4 Å². The van der Waals surface area contributed by atoms with Crippen LogP contribution in [0.15, 0.2) is 24.3 Å². The quantitative estimate of drug-likeness (QED) is 0.831. The zero-order valence-electron chi connectivity index (χ0n) is 14.7. The van der Waals surface area contributed by atoms with E-state index in [2.05, 4.69) is 0 Å². The molecule has 1 aromatic rings. The average molecular weight is 330 g/mol. The smallest absolute Gasteiger partial charge is 0.227 e. The van der Waals surface area contributed by atoms with Gasteiger partial charge in [-0.3, -0.25) is 9.59 Å². The Bertz CT molecular complexity index is 627. The second-order valence-electron chi connectivity index (χ2n) is 6.86. The molecule has 3 rings (SSSR count). The van der Waals surface area contributed by atoms with Crippen LogP contribution >= 0.6 is 0 Å². The summed E-state index contributed by atoms with van der Waals surface area (Å²) in [5, 5.41) is 0. The van der Waals surface area contributed by atoms with E-state index in [4.69, 9.17) is 4.74 Å². The summed E-state index contributed by atoms with van der Waals surface area (Å²) in [6.07, 6.45) is 1.99. The van der Waals surface area contributed by atoms with Gasteiger partial charge in [0, 0.05) is 38.5 Å². The van der Waals surface area contributed by atoms with Crippen molar-refractivity contribution in [3.05, 3.63) is 29.8 Å². The van der Waals surface area contributed by atoms with E-state index in [0.29, 0.717) is 19.6 Å². The van der Waals surface area contributed by atoms with E-state index < -0.39 is 0 Å². The molecule has 0 N–H and O–H groups in total. The van der Waals surface area contributed by atoms with E-state index in [1.54, 1.807) is 12.0 Å². The zero-order valence-corrected chi connectivity index (χ0v) is 14.7. The number of amides is 2. The lowest BCUT2D eigenvalue weighted by Gasteiger charge is -2.23. The Labute approximate surface area is 143 Å². The molecule has 1 saturated heterocycles. The van der Waals surface area contributed by atoms with Gasteiger partial charge in [-0.1, -0.05) is 12.1 Å². The topological polar surface area (TPSA) is 49.9 Å². The molecule has 2 amide bonds. The summed E-state index contributed by atoms with van der Waals surface area (Å²) in [6.45, 7) is 3.80. The van der Waals surface area contributed by atoms with Crippen LogP contribution < -0.4 is 4.74 Å². The van der Waals surface area contributed by atoms with E-state index in [-0.39, 0.29) is 29.6 Å². The van der Waals surface area contributed by atoms with Gasteiger partial charge in [-0.05, 0) is 37.5 Å². The zero-order chi connectivity index (χ0) is 17.3. The summed E-state index contributed by atoms with van der Waals surface area (Å²) in [6, 6.07) is 7.87. The number of nitrogens with zero attached hydrogens (tertiary/aromatic N) is 2. The molecule has 24 heavy (non-hydrogen) atoms. The molecule has 2 unspecified atom stereocenters. The van der Waals surface area contributed by atoms with E-state index in [0.717, 1.165) is 24.2 Å².